The molecule has 2 aromatic rings. The maximum absolute atomic E-state index is 13.0. The van der Waals surface area contributed by atoms with Crippen LogP contribution in [0, 0.1) is 0 Å². The molecule has 152 valence electrons. The fraction of sp³-hybridized carbons (Fsp3) is 0.476. The predicted octanol–water partition coefficient (Wildman–Crippen LogP) is 1.81. The fourth-order valence-corrected chi connectivity index (χ4v) is 4.15. The number of hydrogen-bond donors (Lipinski definition) is 0. The van der Waals surface area contributed by atoms with Crippen molar-refractivity contribution in [3.63, 3.8) is 0 Å². The van der Waals surface area contributed by atoms with Gasteiger partial charge in [-0.25, -0.2) is 0 Å². The van der Waals surface area contributed by atoms with Crippen molar-refractivity contribution in [3.8, 4) is 11.5 Å². The summed E-state index contributed by atoms with van der Waals surface area (Å²) >= 11 is 0. The van der Waals surface area contributed by atoms with Crippen LogP contribution in [0.4, 0.5) is 11.6 Å². The maximum atomic E-state index is 13.0. The van der Waals surface area contributed by atoms with E-state index in [1.54, 1.807) is 0 Å². The molecule has 1 aromatic carbocycles. The number of rotatable bonds is 3. The van der Waals surface area contributed by atoms with E-state index in [0.29, 0.717) is 43.4 Å². The highest BCUT2D eigenvalue weighted by molar-refractivity contribution is 5.98. The molecule has 0 unspecified atom stereocenters. The molecule has 8 nitrogen and oxygen atoms in total. The van der Waals surface area contributed by atoms with Crippen molar-refractivity contribution < 1.29 is 14.3 Å². The van der Waals surface area contributed by atoms with Crippen LogP contribution in [0.15, 0.2) is 30.3 Å². The molecule has 5 rings (SSSR count). The van der Waals surface area contributed by atoms with Crippen LogP contribution in [0.2, 0.25) is 0 Å². The molecule has 29 heavy (non-hydrogen) atoms. The SMILES string of the molecule is O=C(c1cccc2c1OCCO2)N1CCN(c2ccc(N3CCCC3)nn2)CC1. The van der Waals surface area contributed by atoms with Gasteiger partial charge in [-0.3, -0.25) is 4.79 Å². The number of para-hydroxylation sites is 1. The van der Waals surface area contributed by atoms with Crippen molar-refractivity contribution >= 4 is 17.5 Å². The standard InChI is InChI=1S/C21H25N5O3/c27-21(16-4-3-5-17-20(16)29-15-14-28-17)26-12-10-25(11-13-26)19-7-6-18(22-23-19)24-8-1-2-9-24/h3-7H,1-2,8-15H2. The zero-order chi connectivity index (χ0) is 19.6. The molecular formula is C21H25N5O3. The monoisotopic (exact) mass is 395 g/mol. The first-order chi connectivity index (χ1) is 14.3. The number of anilines is 2. The summed E-state index contributed by atoms with van der Waals surface area (Å²) in [5, 5.41) is 8.84. The topological polar surface area (TPSA) is 71.0 Å². The van der Waals surface area contributed by atoms with Gasteiger partial charge in [0.05, 0.1) is 5.56 Å². The molecule has 0 spiro atoms. The van der Waals surface area contributed by atoms with E-state index in [-0.39, 0.29) is 5.91 Å². The van der Waals surface area contributed by atoms with Gasteiger partial charge in [-0.2, -0.15) is 0 Å². The van der Waals surface area contributed by atoms with E-state index >= 15 is 0 Å². The second-order valence-electron chi connectivity index (χ2n) is 7.55. The zero-order valence-electron chi connectivity index (χ0n) is 16.4. The van der Waals surface area contributed by atoms with Crippen LogP contribution >= 0.6 is 0 Å². The van der Waals surface area contributed by atoms with Gasteiger partial charge in [-0.05, 0) is 37.1 Å². The number of piperazine rings is 1. The first-order valence-electron chi connectivity index (χ1n) is 10.3. The molecule has 2 saturated heterocycles. The van der Waals surface area contributed by atoms with Crippen LogP contribution in [-0.4, -0.2) is 73.5 Å². The highest BCUT2D eigenvalue weighted by atomic mass is 16.6. The third-order valence-electron chi connectivity index (χ3n) is 5.75. The van der Waals surface area contributed by atoms with E-state index in [2.05, 4.69) is 26.1 Å². The first-order valence-corrected chi connectivity index (χ1v) is 10.3. The minimum Gasteiger partial charge on any atom is -0.486 e. The summed E-state index contributed by atoms with van der Waals surface area (Å²) < 4.78 is 11.3. The molecule has 4 heterocycles. The lowest BCUT2D eigenvalue weighted by atomic mass is 10.1. The number of hydrogen-bond acceptors (Lipinski definition) is 7. The Labute approximate surface area is 170 Å². The summed E-state index contributed by atoms with van der Waals surface area (Å²) in [5.74, 6) is 3.02. The second kappa shape index (κ2) is 7.77. The van der Waals surface area contributed by atoms with Crippen molar-refractivity contribution in [1.82, 2.24) is 15.1 Å². The molecule has 8 heteroatoms. The van der Waals surface area contributed by atoms with Gasteiger partial charge < -0.3 is 24.2 Å². The number of amides is 1. The number of carbonyl (C=O) groups excluding carboxylic acids is 1. The summed E-state index contributed by atoms with van der Waals surface area (Å²) in [6, 6.07) is 9.59. The van der Waals surface area contributed by atoms with Crippen LogP contribution in [0.3, 0.4) is 0 Å². The lowest BCUT2D eigenvalue weighted by Gasteiger charge is -2.35. The Morgan fingerprint density at radius 3 is 2.14 bits per heavy atom. The minimum atomic E-state index is -0.0116. The van der Waals surface area contributed by atoms with Crippen molar-refractivity contribution in [1.29, 1.82) is 0 Å². The summed E-state index contributed by atoms with van der Waals surface area (Å²) in [6.07, 6.45) is 2.45. The average molecular weight is 395 g/mol. The Balaban J connectivity index is 1.23. The summed E-state index contributed by atoms with van der Waals surface area (Å²) in [7, 11) is 0. The third-order valence-corrected chi connectivity index (χ3v) is 5.75. The van der Waals surface area contributed by atoms with Crippen LogP contribution in [0.1, 0.15) is 23.2 Å². The van der Waals surface area contributed by atoms with Gasteiger partial charge in [0.15, 0.2) is 23.1 Å². The maximum Gasteiger partial charge on any atom is 0.257 e. The first kappa shape index (κ1) is 18.0. The number of fused-ring (bicyclic) bond motifs is 1. The van der Waals surface area contributed by atoms with Gasteiger partial charge in [0.25, 0.3) is 5.91 Å². The lowest BCUT2D eigenvalue weighted by molar-refractivity contribution is 0.0736. The smallest absolute Gasteiger partial charge is 0.257 e. The average Bonchev–Trinajstić information content (AvgIpc) is 3.33. The predicted molar refractivity (Wildman–Crippen MR) is 109 cm³/mol. The van der Waals surface area contributed by atoms with E-state index < -0.39 is 0 Å². The van der Waals surface area contributed by atoms with Gasteiger partial charge >= 0.3 is 0 Å². The van der Waals surface area contributed by atoms with Crippen LogP contribution in [-0.2, 0) is 0 Å². The summed E-state index contributed by atoms with van der Waals surface area (Å²) in [5.41, 5.74) is 0.574. The van der Waals surface area contributed by atoms with Crippen LogP contribution < -0.4 is 19.3 Å². The Morgan fingerprint density at radius 1 is 0.793 bits per heavy atom. The van der Waals surface area contributed by atoms with Crippen molar-refractivity contribution in [2.24, 2.45) is 0 Å². The minimum absolute atomic E-state index is 0.0116. The molecular weight excluding hydrogens is 370 g/mol. The molecule has 0 saturated carbocycles. The molecule has 0 N–H and O–H groups in total. The summed E-state index contributed by atoms with van der Waals surface area (Å²) in [4.78, 5) is 19.4. The van der Waals surface area contributed by atoms with Gasteiger partial charge in [0.2, 0.25) is 0 Å². The van der Waals surface area contributed by atoms with Gasteiger partial charge in [0.1, 0.15) is 13.2 Å². The number of nitrogens with zero attached hydrogens (tertiary/aromatic N) is 5. The molecule has 3 aliphatic heterocycles. The van der Waals surface area contributed by atoms with Crippen molar-refractivity contribution in [2.75, 3.05) is 62.3 Å². The van der Waals surface area contributed by atoms with Crippen molar-refractivity contribution in [3.05, 3.63) is 35.9 Å². The van der Waals surface area contributed by atoms with E-state index in [1.807, 2.05) is 29.2 Å². The van der Waals surface area contributed by atoms with E-state index in [1.165, 1.54) is 12.8 Å². The van der Waals surface area contributed by atoms with E-state index in [0.717, 1.165) is 37.8 Å². The largest absolute Gasteiger partial charge is 0.486 e. The molecule has 1 amide bonds. The fourth-order valence-electron chi connectivity index (χ4n) is 4.15. The molecule has 0 bridgehead atoms. The number of aromatic nitrogens is 2. The van der Waals surface area contributed by atoms with E-state index in [4.69, 9.17) is 9.47 Å². The Morgan fingerprint density at radius 2 is 1.45 bits per heavy atom. The van der Waals surface area contributed by atoms with Gasteiger partial charge in [0, 0.05) is 39.3 Å². The Kier molecular flexibility index (Phi) is 4.83. The third kappa shape index (κ3) is 3.54. The highest BCUT2D eigenvalue weighted by Gasteiger charge is 2.27. The molecule has 2 fully saturated rings. The number of carbonyl (C=O) groups is 1. The van der Waals surface area contributed by atoms with Crippen molar-refractivity contribution in [2.45, 2.75) is 12.8 Å². The molecule has 0 aliphatic carbocycles. The molecule has 0 atom stereocenters. The second-order valence-corrected chi connectivity index (χ2v) is 7.55. The summed E-state index contributed by atoms with van der Waals surface area (Å²) in [6.45, 7) is 5.85. The van der Waals surface area contributed by atoms with Gasteiger partial charge in [-0.15, -0.1) is 10.2 Å². The molecule has 0 radical (unpaired) electrons. The zero-order valence-corrected chi connectivity index (χ0v) is 16.4. The van der Waals surface area contributed by atoms with Gasteiger partial charge in [-0.1, -0.05) is 6.07 Å². The lowest BCUT2D eigenvalue weighted by Crippen LogP contribution is -2.49. The van der Waals surface area contributed by atoms with E-state index in [9.17, 15) is 4.79 Å². The quantitative estimate of drug-likeness (QED) is 0.785. The normalized spacial score (nSPS) is 18.8. The Hall–Kier alpha value is -3.03. The number of ether oxygens (including phenoxy) is 2. The number of benzene rings is 1. The Bertz CT molecular complexity index is 874. The molecule has 3 aliphatic rings. The highest BCUT2D eigenvalue weighted by Crippen LogP contribution is 2.34. The van der Waals surface area contributed by atoms with Crippen LogP contribution in [0.25, 0.3) is 0 Å². The van der Waals surface area contributed by atoms with Crippen LogP contribution in [0.5, 0.6) is 11.5 Å². The molecule has 1 aromatic heterocycles.